The molecular formula is C27H34N8O2. The number of nitrogens with one attached hydrogen (secondary N) is 2. The van der Waals surface area contributed by atoms with Gasteiger partial charge in [-0.05, 0) is 44.2 Å². The number of carbonyl (C=O) groups is 1. The first-order valence-electron chi connectivity index (χ1n) is 12.3. The molecule has 37 heavy (non-hydrogen) atoms. The molecule has 2 aromatic heterocycles. The summed E-state index contributed by atoms with van der Waals surface area (Å²) < 4.78 is 5.13. The average molecular weight is 503 g/mol. The molecule has 1 aromatic carbocycles. The second-order valence-corrected chi connectivity index (χ2v) is 9.28. The molecule has 1 aliphatic rings. The quantitative estimate of drug-likeness (QED) is 0.400. The molecule has 3 heterocycles. The number of allylic oxidation sites excluding steroid dienone is 1. The van der Waals surface area contributed by atoms with Crippen LogP contribution < -0.4 is 15.4 Å². The lowest BCUT2D eigenvalue weighted by atomic mass is 10.0. The Balaban J connectivity index is 1.57. The lowest BCUT2D eigenvalue weighted by Gasteiger charge is -2.32. The highest BCUT2D eigenvalue weighted by Crippen LogP contribution is 2.26. The number of methoxy groups -OCH3 is 1. The van der Waals surface area contributed by atoms with Gasteiger partial charge in [0.05, 0.1) is 7.11 Å². The predicted octanol–water partition coefficient (Wildman–Crippen LogP) is 3.42. The Bertz CT molecular complexity index is 1270. The van der Waals surface area contributed by atoms with E-state index in [9.17, 15) is 4.79 Å². The molecule has 1 saturated heterocycles. The van der Waals surface area contributed by atoms with Gasteiger partial charge in [-0.15, -0.1) is 0 Å². The first-order valence-corrected chi connectivity index (χ1v) is 12.3. The number of hydrogen-bond acceptors (Lipinski definition) is 10. The van der Waals surface area contributed by atoms with E-state index in [-0.39, 0.29) is 18.2 Å². The summed E-state index contributed by atoms with van der Waals surface area (Å²) in [4.78, 5) is 34.6. The third-order valence-corrected chi connectivity index (χ3v) is 6.35. The summed E-state index contributed by atoms with van der Waals surface area (Å²) in [7, 11) is 3.67. The van der Waals surface area contributed by atoms with Gasteiger partial charge in [-0.2, -0.15) is 9.97 Å². The van der Waals surface area contributed by atoms with E-state index >= 15 is 0 Å². The van der Waals surface area contributed by atoms with E-state index in [0.717, 1.165) is 55.1 Å². The molecule has 0 amide bonds. The fourth-order valence-electron chi connectivity index (χ4n) is 4.05. The van der Waals surface area contributed by atoms with E-state index in [4.69, 9.17) is 4.74 Å². The Labute approximate surface area is 217 Å². The van der Waals surface area contributed by atoms with Crippen molar-refractivity contribution in [3.63, 3.8) is 0 Å². The molecule has 10 heteroatoms. The van der Waals surface area contributed by atoms with Crippen LogP contribution in [0, 0.1) is 13.8 Å². The Morgan fingerprint density at radius 1 is 1.05 bits per heavy atom. The maximum Gasteiger partial charge on any atom is 0.318 e. The molecule has 0 saturated carbocycles. The van der Waals surface area contributed by atoms with Crippen molar-refractivity contribution in [3.8, 4) is 6.01 Å². The highest BCUT2D eigenvalue weighted by molar-refractivity contribution is 5.92. The molecule has 0 radical (unpaired) electrons. The van der Waals surface area contributed by atoms with Crippen molar-refractivity contribution < 1.29 is 9.53 Å². The van der Waals surface area contributed by atoms with Crippen LogP contribution in [0.3, 0.4) is 0 Å². The standard InChI is InChI=1S/C27H34N8O2/c1-6-22(36)14-21-13-20(17-35-11-9-34(4)10-12-35)7-8-23(21)30-24-18(2)15-28-26(31-24)32-25-19(3)16-29-27(33-25)37-5/h6-8,13,15-16H,1,9-12,14,17H2,2-5H3,(H2,28,29,30,31,32,33). The number of ether oxygens (including phenoxy) is 1. The second-order valence-electron chi connectivity index (χ2n) is 9.28. The van der Waals surface area contributed by atoms with E-state index < -0.39 is 0 Å². The van der Waals surface area contributed by atoms with Crippen molar-refractivity contribution in [1.29, 1.82) is 0 Å². The first-order chi connectivity index (χ1) is 17.8. The van der Waals surface area contributed by atoms with Gasteiger partial charge in [0.2, 0.25) is 5.95 Å². The largest absolute Gasteiger partial charge is 0.467 e. The van der Waals surface area contributed by atoms with Crippen LogP contribution in [-0.2, 0) is 17.8 Å². The third kappa shape index (κ3) is 6.87. The number of benzene rings is 1. The molecule has 3 aromatic rings. The molecule has 0 spiro atoms. The lowest BCUT2D eigenvalue weighted by molar-refractivity contribution is -0.114. The molecule has 0 atom stereocenters. The molecule has 1 fully saturated rings. The van der Waals surface area contributed by atoms with Gasteiger partial charge in [0.25, 0.3) is 0 Å². The molecule has 0 unspecified atom stereocenters. The van der Waals surface area contributed by atoms with E-state index in [2.05, 4.69) is 66.1 Å². The minimum absolute atomic E-state index is 0.0326. The summed E-state index contributed by atoms with van der Waals surface area (Å²) in [6, 6.07) is 6.49. The van der Waals surface area contributed by atoms with Gasteiger partial charge in [-0.3, -0.25) is 9.69 Å². The number of rotatable bonds is 10. The van der Waals surface area contributed by atoms with Gasteiger partial charge in [-0.25, -0.2) is 9.97 Å². The monoisotopic (exact) mass is 502 g/mol. The van der Waals surface area contributed by atoms with E-state index in [1.54, 1.807) is 12.4 Å². The molecule has 194 valence electrons. The minimum atomic E-state index is -0.0326. The number of piperazine rings is 1. The van der Waals surface area contributed by atoms with Gasteiger partial charge in [0, 0.05) is 68.4 Å². The van der Waals surface area contributed by atoms with Gasteiger partial charge in [-0.1, -0.05) is 18.7 Å². The van der Waals surface area contributed by atoms with Gasteiger partial charge in [0.1, 0.15) is 11.6 Å². The highest BCUT2D eigenvalue weighted by Gasteiger charge is 2.16. The number of likely N-dealkylation sites (N-methyl/N-ethyl adjacent to an activating group) is 1. The van der Waals surface area contributed by atoms with E-state index in [1.165, 1.54) is 18.7 Å². The van der Waals surface area contributed by atoms with Crippen LogP contribution in [0.5, 0.6) is 6.01 Å². The van der Waals surface area contributed by atoms with Crippen LogP contribution in [0.2, 0.25) is 0 Å². The summed E-state index contributed by atoms with van der Waals surface area (Å²) in [5.41, 5.74) is 4.60. The SMILES string of the molecule is C=CC(=O)Cc1cc(CN2CCN(C)CC2)ccc1Nc1nc(Nc2nc(OC)ncc2C)ncc1C. The van der Waals surface area contributed by atoms with E-state index in [1.807, 2.05) is 19.9 Å². The van der Waals surface area contributed by atoms with Crippen LogP contribution in [0.15, 0.2) is 43.2 Å². The summed E-state index contributed by atoms with van der Waals surface area (Å²) in [5, 5.41) is 6.56. The zero-order valence-electron chi connectivity index (χ0n) is 21.9. The number of ketones is 1. The Morgan fingerprint density at radius 2 is 1.76 bits per heavy atom. The fourth-order valence-corrected chi connectivity index (χ4v) is 4.05. The maximum absolute atomic E-state index is 12.3. The normalized spacial score (nSPS) is 14.3. The molecule has 0 aliphatic carbocycles. The molecular weight excluding hydrogens is 468 g/mol. The summed E-state index contributed by atoms with van der Waals surface area (Å²) >= 11 is 0. The Morgan fingerprint density at radius 3 is 2.46 bits per heavy atom. The van der Waals surface area contributed by atoms with Crippen LogP contribution in [0.25, 0.3) is 0 Å². The molecule has 1 aliphatic heterocycles. The average Bonchev–Trinajstić information content (AvgIpc) is 2.90. The molecule has 4 rings (SSSR count). The topological polar surface area (TPSA) is 108 Å². The van der Waals surface area contributed by atoms with Crippen molar-refractivity contribution in [2.24, 2.45) is 0 Å². The van der Waals surface area contributed by atoms with Crippen LogP contribution >= 0.6 is 0 Å². The Hall–Kier alpha value is -3.89. The second kappa shape index (κ2) is 11.9. The third-order valence-electron chi connectivity index (χ3n) is 6.35. The number of carbonyl (C=O) groups excluding carboxylic acids is 1. The smallest absolute Gasteiger partial charge is 0.318 e. The molecule has 10 nitrogen and oxygen atoms in total. The highest BCUT2D eigenvalue weighted by atomic mass is 16.5. The van der Waals surface area contributed by atoms with E-state index in [0.29, 0.717) is 17.6 Å². The summed E-state index contributed by atoms with van der Waals surface area (Å²) in [6.45, 7) is 12.5. The van der Waals surface area contributed by atoms with Gasteiger partial charge < -0.3 is 20.3 Å². The summed E-state index contributed by atoms with van der Waals surface area (Å²) in [5.74, 6) is 1.55. The van der Waals surface area contributed by atoms with Crippen LogP contribution in [-0.4, -0.2) is 75.9 Å². The van der Waals surface area contributed by atoms with Gasteiger partial charge in [0.15, 0.2) is 5.78 Å². The number of nitrogens with zero attached hydrogens (tertiary/aromatic N) is 6. The van der Waals surface area contributed by atoms with Crippen LogP contribution in [0.1, 0.15) is 22.3 Å². The maximum atomic E-state index is 12.3. The van der Waals surface area contributed by atoms with Crippen molar-refractivity contribution in [1.82, 2.24) is 29.7 Å². The zero-order valence-corrected chi connectivity index (χ0v) is 21.9. The van der Waals surface area contributed by atoms with Crippen molar-refractivity contribution in [3.05, 3.63) is 65.5 Å². The van der Waals surface area contributed by atoms with Crippen LogP contribution in [0.4, 0.5) is 23.3 Å². The molecule has 2 N–H and O–H groups in total. The number of aryl methyl sites for hydroxylation is 2. The lowest BCUT2D eigenvalue weighted by Crippen LogP contribution is -2.43. The summed E-state index contributed by atoms with van der Waals surface area (Å²) in [6.07, 6.45) is 5.04. The van der Waals surface area contributed by atoms with Crippen molar-refractivity contribution >= 4 is 29.1 Å². The number of aromatic nitrogens is 4. The van der Waals surface area contributed by atoms with Gasteiger partial charge >= 0.3 is 6.01 Å². The number of anilines is 4. The number of hydrogen-bond donors (Lipinski definition) is 2. The minimum Gasteiger partial charge on any atom is -0.467 e. The fraction of sp³-hybridized carbons (Fsp3) is 0.370. The zero-order chi connectivity index (χ0) is 26.4. The predicted molar refractivity (Wildman–Crippen MR) is 145 cm³/mol. The Kier molecular flexibility index (Phi) is 8.42. The van der Waals surface area contributed by atoms with Crippen molar-refractivity contribution in [2.45, 2.75) is 26.8 Å². The molecule has 0 bridgehead atoms. The van der Waals surface area contributed by atoms with Crippen molar-refractivity contribution in [2.75, 3.05) is 51.0 Å². The first kappa shape index (κ1) is 26.2.